The van der Waals surface area contributed by atoms with E-state index in [1.165, 1.54) is 16.8 Å². The normalized spacial score (nSPS) is 13.8. The molecule has 4 nitrogen and oxygen atoms in total. The number of nitrogens with one attached hydrogen (secondary N) is 1. The van der Waals surface area contributed by atoms with Crippen molar-refractivity contribution < 1.29 is 4.74 Å². The Balaban J connectivity index is 1.63. The minimum atomic E-state index is 0.825. The molecule has 0 saturated carbocycles. The highest BCUT2D eigenvalue weighted by atomic mass is 16.5. The lowest BCUT2D eigenvalue weighted by Gasteiger charge is -2.22. The maximum absolute atomic E-state index is 5.41. The molecular weight excluding hydrogens is 286 g/mol. The number of hydrogen-bond acceptors (Lipinski definition) is 2. The van der Waals surface area contributed by atoms with Gasteiger partial charge in [-0.2, -0.15) is 0 Å². The Labute approximate surface area is 137 Å². The third-order valence-electron chi connectivity index (χ3n) is 4.22. The molecule has 23 heavy (non-hydrogen) atoms. The molecule has 0 atom stereocenters. The van der Waals surface area contributed by atoms with E-state index in [-0.39, 0.29) is 0 Å². The molecule has 0 saturated heterocycles. The van der Waals surface area contributed by atoms with Crippen molar-refractivity contribution in [1.29, 1.82) is 0 Å². The van der Waals surface area contributed by atoms with Crippen molar-refractivity contribution >= 4 is 11.6 Å². The number of ether oxygens (including phenoxy) is 1. The molecule has 0 radical (unpaired) electrons. The Bertz CT molecular complexity index is 697. The summed E-state index contributed by atoms with van der Waals surface area (Å²) in [4.78, 5) is 6.70. The molecular formula is C19H23N3O. The smallest absolute Gasteiger partial charge is 0.198 e. The van der Waals surface area contributed by atoms with Gasteiger partial charge in [0.05, 0.1) is 7.11 Å². The molecule has 0 bridgehead atoms. The van der Waals surface area contributed by atoms with Crippen LogP contribution in [0.4, 0.5) is 5.69 Å². The summed E-state index contributed by atoms with van der Waals surface area (Å²) in [6, 6.07) is 16.7. The number of methoxy groups -OCH3 is 1. The van der Waals surface area contributed by atoms with Crippen LogP contribution in [0.3, 0.4) is 0 Å². The van der Waals surface area contributed by atoms with Gasteiger partial charge in [0.2, 0.25) is 0 Å². The first-order valence-corrected chi connectivity index (χ1v) is 8.01. The van der Waals surface area contributed by atoms with Crippen LogP contribution >= 0.6 is 0 Å². The van der Waals surface area contributed by atoms with Gasteiger partial charge in [0.1, 0.15) is 5.75 Å². The number of fused-ring (bicyclic) bond motifs is 1. The predicted molar refractivity (Wildman–Crippen MR) is 95.6 cm³/mol. The van der Waals surface area contributed by atoms with E-state index in [2.05, 4.69) is 45.5 Å². The number of benzene rings is 2. The number of anilines is 1. The number of nitrogens with zero attached hydrogens (tertiary/aromatic N) is 2. The fraction of sp³-hybridized carbons (Fsp3) is 0.316. The minimum absolute atomic E-state index is 0.825. The number of aliphatic imine (C=N–C) groups is 1. The maximum Gasteiger partial charge on any atom is 0.198 e. The van der Waals surface area contributed by atoms with Crippen molar-refractivity contribution in [3.05, 3.63) is 59.7 Å². The zero-order valence-electron chi connectivity index (χ0n) is 13.7. The van der Waals surface area contributed by atoms with Gasteiger partial charge in [0.15, 0.2) is 5.96 Å². The van der Waals surface area contributed by atoms with Crippen LogP contribution in [-0.4, -0.2) is 33.2 Å². The largest absolute Gasteiger partial charge is 0.496 e. The van der Waals surface area contributed by atoms with Gasteiger partial charge in [0, 0.05) is 25.8 Å². The molecule has 4 heteroatoms. The van der Waals surface area contributed by atoms with Crippen LogP contribution in [0.25, 0.3) is 0 Å². The summed E-state index contributed by atoms with van der Waals surface area (Å²) in [5.41, 5.74) is 3.86. The first-order chi connectivity index (χ1) is 11.3. The molecule has 2 aromatic rings. The van der Waals surface area contributed by atoms with Crippen molar-refractivity contribution in [2.24, 2.45) is 4.99 Å². The SMILES string of the molecule is CN=C(NCCc1ccccc1OC)N1CCc2ccccc21. The van der Waals surface area contributed by atoms with Crippen LogP contribution in [0.5, 0.6) is 5.75 Å². The second-order valence-corrected chi connectivity index (χ2v) is 5.57. The van der Waals surface area contributed by atoms with E-state index in [9.17, 15) is 0 Å². The first kappa shape index (κ1) is 15.4. The summed E-state index contributed by atoms with van der Waals surface area (Å²) in [6.07, 6.45) is 1.97. The van der Waals surface area contributed by atoms with Crippen LogP contribution in [-0.2, 0) is 12.8 Å². The lowest BCUT2D eigenvalue weighted by Crippen LogP contribution is -2.41. The summed E-state index contributed by atoms with van der Waals surface area (Å²) >= 11 is 0. The predicted octanol–water partition coefficient (Wildman–Crippen LogP) is 2.88. The van der Waals surface area contributed by atoms with Crippen molar-refractivity contribution in [2.75, 3.05) is 32.1 Å². The van der Waals surface area contributed by atoms with Crippen molar-refractivity contribution in [1.82, 2.24) is 5.32 Å². The van der Waals surface area contributed by atoms with E-state index >= 15 is 0 Å². The van der Waals surface area contributed by atoms with Crippen molar-refractivity contribution in [2.45, 2.75) is 12.8 Å². The minimum Gasteiger partial charge on any atom is -0.496 e. The Morgan fingerprint density at radius 3 is 2.78 bits per heavy atom. The molecule has 1 aliphatic rings. The average Bonchev–Trinajstić information content (AvgIpc) is 3.03. The van der Waals surface area contributed by atoms with Gasteiger partial charge in [-0.1, -0.05) is 36.4 Å². The zero-order valence-corrected chi connectivity index (χ0v) is 13.7. The summed E-state index contributed by atoms with van der Waals surface area (Å²) < 4.78 is 5.41. The molecule has 0 fully saturated rings. The van der Waals surface area contributed by atoms with Crippen LogP contribution in [0.1, 0.15) is 11.1 Å². The molecule has 0 aromatic heterocycles. The van der Waals surface area contributed by atoms with Gasteiger partial charge in [-0.25, -0.2) is 0 Å². The zero-order chi connectivity index (χ0) is 16.1. The van der Waals surface area contributed by atoms with Gasteiger partial charge < -0.3 is 15.0 Å². The van der Waals surface area contributed by atoms with E-state index in [1.807, 2.05) is 25.2 Å². The van der Waals surface area contributed by atoms with Crippen molar-refractivity contribution in [3.8, 4) is 5.75 Å². The molecule has 0 aliphatic carbocycles. The molecule has 1 heterocycles. The number of para-hydroxylation sites is 2. The van der Waals surface area contributed by atoms with Gasteiger partial charge in [-0.3, -0.25) is 4.99 Å². The summed E-state index contributed by atoms with van der Waals surface area (Å²) in [5, 5.41) is 3.47. The Morgan fingerprint density at radius 1 is 1.17 bits per heavy atom. The monoisotopic (exact) mass is 309 g/mol. The summed E-state index contributed by atoms with van der Waals surface area (Å²) in [7, 11) is 3.55. The second-order valence-electron chi connectivity index (χ2n) is 5.57. The Kier molecular flexibility index (Phi) is 4.81. The average molecular weight is 309 g/mol. The summed E-state index contributed by atoms with van der Waals surface area (Å²) in [6.45, 7) is 1.80. The maximum atomic E-state index is 5.41. The molecule has 1 aliphatic heterocycles. The van der Waals surface area contributed by atoms with E-state index in [4.69, 9.17) is 4.74 Å². The Hall–Kier alpha value is -2.49. The Morgan fingerprint density at radius 2 is 1.96 bits per heavy atom. The third-order valence-corrected chi connectivity index (χ3v) is 4.22. The quantitative estimate of drug-likeness (QED) is 0.697. The fourth-order valence-electron chi connectivity index (χ4n) is 3.07. The standard InChI is InChI=1S/C19H23N3O/c1-20-19(22-14-12-15-7-3-5-9-17(15)22)21-13-11-16-8-4-6-10-18(16)23-2/h3-10H,11-14H2,1-2H3,(H,20,21). The molecule has 0 amide bonds. The highest BCUT2D eigenvalue weighted by Crippen LogP contribution is 2.27. The first-order valence-electron chi connectivity index (χ1n) is 8.01. The molecule has 0 spiro atoms. The topological polar surface area (TPSA) is 36.9 Å². The van der Waals surface area contributed by atoms with Crippen LogP contribution < -0.4 is 15.0 Å². The lowest BCUT2D eigenvalue weighted by molar-refractivity contribution is 0.409. The van der Waals surface area contributed by atoms with Gasteiger partial charge in [-0.05, 0) is 36.1 Å². The molecule has 0 unspecified atom stereocenters. The van der Waals surface area contributed by atoms with E-state index in [0.29, 0.717) is 0 Å². The second kappa shape index (κ2) is 7.18. The third kappa shape index (κ3) is 3.31. The number of hydrogen-bond donors (Lipinski definition) is 1. The summed E-state index contributed by atoms with van der Waals surface area (Å²) in [5.74, 6) is 1.88. The van der Waals surface area contributed by atoms with E-state index in [0.717, 1.165) is 37.6 Å². The molecule has 1 N–H and O–H groups in total. The van der Waals surface area contributed by atoms with Crippen molar-refractivity contribution in [3.63, 3.8) is 0 Å². The fourth-order valence-corrected chi connectivity index (χ4v) is 3.07. The van der Waals surface area contributed by atoms with Gasteiger partial charge in [0.25, 0.3) is 0 Å². The lowest BCUT2D eigenvalue weighted by atomic mass is 10.1. The highest BCUT2D eigenvalue weighted by molar-refractivity contribution is 5.97. The molecule has 120 valence electrons. The van der Waals surface area contributed by atoms with Gasteiger partial charge in [-0.15, -0.1) is 0 Å². The van der Waals surface area contributed by atoms with E-state index in [1.54, 1.807) is 7.11 Å². The molecule has 2 aromatic carbocycles. The van der Waals surface area contributed by atoms with Crippen LogP contribution in [0, 0.1) is 0 Å². The number of rotatable bonds is 4. The van der Waals surface area contributed by atoms with Gasteiger partial charge >= 0.3 is 0 Å². The van der Waals surface area contributed by atoms with Crippen LogP contribution in [0.15, 0.2) is 53.5 Å². The van der Waals surface area contributed by atoms with E-state index < -0.39 is 0 Å². The highest BCUT2D eigenvalue weighted by Gasteiger charge is 2.22. The van der Waals surface area contributed by atoms with Crippen LogP contribution in [0.2, 0.25) is 0 Å². The number of guanidine groups is 1. The molecule has 3 rings (SSSR count).